The van der Waals surface area contributed by atoms with Gasteiger partial charge in [-0.25, -0.2) is 4.98 Å². The van der Waals surface area contributed by atoms with Crippen LogP contribution in [0, 0.1) is 0 Å². The van der Waals surface area contributed by atoms with E-state index in [0.717, 1.165) is 19.5 Å². The summed E-state index contributed by atoms with van der Waals surface area (Å²) in [4.78, 5) is 15.5. The molecule has 2 heterocycles. The van der Waals surface area contributed by atoms with Crippen LogP contribution in [0.1, 0.15) is 12.8 Å². The number of hydrogen-bond acceptors (Lipinski definition) is 3. The van der Waals surface area contributed by atoms with E-state index in [1.165, 1.54) is 5.57 Å². The summed E-state index contributed by atoms with van der Waals surface area (Å²) in [6.45, 7) is 3.30. The molecule has 7 heteroatoms. The predicted molar refractivity (Wildman–Crippen MR) is 79.9 cm³/mol. The maximum absolute atomic E-state index is 11.6. The molecule has 0 aromatic carbocycles. The molecule has 0 bridgehead atoms. The van der Waals surface area contributed by atoms with E-state index in [2.05, 4.69) is 21.7 Å². The first-order valence-corrected chi connectivity index (χ1v) is 5.95. The molecule has 108 valence electrons. The molecule has 1 aliphatic heterocycles. The number of aromatic nitrogens is 2. The van der Waals surface area contributed by atoms with Crippen LogP contribution in [0.5, 0.6) is 0 Å². The van der Waals surface area contributed by atoms with E-state index in [1.807, 2.05) is 10.8 Å². The fourth-order valence-corrected chi connectivity index (χ4v) is 1.78. The molecule has 0 atom stereocenters. The van der Waals surface area contributed by atoms with Crippen molar-refractivity contribution in [3.8, 4) is 0 Å². The van der Waals surface area contributed by atoms with Crippen LogP contribution in [-0.2, 0) is 11.3 Å². The normalized spacial score (nSPS) is 13.8. The van der Waals surface area contributed by atoms with Gasteiger partial charge in [-0.2, -0.15) is 0 Å². The largest absolute Gasteiger partial charge is 0.352 e. The Bertz CT molecular complexity index is 392. The quantitative estimate of drug-likeness (QED) is 0.803. The molecule has 0 saturated heterocycles. The minimum atomic E-state index is 0. The van der Waals surface area contributed by atoms with Crippen LogP contribution in [-0.4, -0.2) is 35.1 Å². The number of amides is 1. The summed E-state index contributed by atoms with van der Waals surface area (Å²) in [6.07, 6.45) is 8.99. The van der Waals surface area contributed by atoms with Gasteiger partial charge in [-0.15, -0.1) is 24.8 Å². The van der Waals surface area contributed by atoms with E-state index >= 15 is 0 Å². The third-order valence-corrected chi connectivity index (χ3v) is 2.83. The average Bonchev–Trinajstić information content (AvgIpc) is 2.88. The van der Waals surface area contributed by atoms with Crippen LogP contribution in [0.2, 0.25) is 0 Å². The van der Waals surface area contributed by atoms with Crippen molar-refractivity contribution in [1.29, 1.82) is 0 Å². The molecule has 1 amide bonds. The zero-order chi connectivity index (χ0) is 11.9. The zero-order valence-electron chi connectivity index (χ0n) is 10.7. The molecule has 1 aromatic rings. The van der Waals surface area contributed by atoms with Gasteiger partial charge in [-0.05, 0) is 13.0 Å². The number of carbonyl (C=O) groups excluding carboxylic acids is 1. The van der Waals surface area contributed by atoms with E-state index < -0.39 is 0 Å². The molecule has 0 fully saturated rings. The van der Waals surface area contributed by atoms with Gasteiger partial charge in [-0.3, -0.25) is 4.79 Å². The van der Waals surface area contributed by atoms with Crippen LogP contribution in [0.3, 0.4) is 0 Å². The minimum absolute atomic E-state index is 0. The molecule has 0 radical (unpaired) electrons. The van der Waals surface area contributed by atoms with E-state index in [9.17, 15) is 4.79 Å². The lowest BCUT2D eigenvalue weighted by Crippen LogP contribution is -2.30. The third kappa shape index (κ3) is 6.61. The van der Waals surface area contributed by atoms with Crippen molar-refractivity contribution in [3.63, 3.8) is 0 Å². The summed E-state index contributed by atoms with van der Waals surface area (Å²) in [5.41, 5.74) is 1.32. The number of nitrogens with one attached hydrogen (secondary N) is 2. The Morgan fingerprint density at radius 2 is 2.32 bits per heavy atom. The smallest absolute Gasteiger partial charge is 0.222 e. The first-order valence-electron chi connectivity index (χ1n) is 5.95. The number of nitrogens with zero attached hydrogens (tertiary/aromatic N) is 2. The van der Waals surface area contributed by atoms with Gasteiger partial charge in [0.15, 0.2) is 0 Å². The van der Waals surface area contributed by atoms with Crippen molar-refractivity contribution in [1.82, 2.24) is 20.2 Å². The van der Waals surface area contributed by atoms with Crippen molar-refractivity contribution in [3.05, 3.63) is 30.4 Å². The zero-order valence-corrected chi connectivity index (χ0v) is 12.3. The highest BCUT2D eigenvalue weighted by Crippen LogP contribution is 2.02. The molecule has 5 nitrogen and oxygen atoms in total. The molecule has 2 rings (SSSR count). The molecule has 0 aliphatic carbocycles. The Kier molecular flexibility index (Phi) is 9.30. The second kappa shape index (κ2) is 9.83. The number of imidazole rings is 1. The van der Waals surface area contributed by atoms with Gasteiger partial charge < -0.3 is 15.2 Å². The highest BCUT2D eigenvalue weighted by Gasteiger charge is 2.05. The second-order valence-corrected chi connectivity index (χ2v) is 4.14. The summed E-state index contributed by atoms with van der Waals surface area (Å²) < 4.78 is 1.91. The monoisotopic (exact) mass is 306 g/mol. The first kappa shape index (κ1) is 18.0. The Labute approximate surface area is 125 Å². The van der Waals surface area contributed by atoms with Crippen molar-refractivity contribution in [2.24, 2.45) is 0 Å². The molecule has 0 spiro atoms. The lowest BCUT2D eigenvalue weighted by molar-refractivity contribution is -0.121. The van der Waals surface area contributed by atoms with Crippen molar-refractivity contribution < 1.29 is 4.79 Å². The number of rotatable bonds is 5. The van der Waals surface area contributed by atoms with E-state index in [4.69, 9.17) is 0 Å². The molecular weight excluding hydrogens is 287 g/mol. The molecule has 19 heavy (non-hydrogen) atoms. The molecular formula is C12H20Cl2N4O. The van der Waals surface area contributed by atoms with Gasteiger partial charge in [0.05, 0.1) is 6.33 Å². The van der Waals surface area contributed by atoms with Crippen molar-refractivity contribution >= 4 is 30.7 Å². The maximum atomic E-state index is 11.6. The lowest BCUT2D eigenvalue weighted by atomic mass is 10.1. The number of hydrogen-bond donors (Lipinski definition) is 2. The molecule has 1 aliphatic rings. The van der Waals surface area contributed by atoms with Crippen LogP contribution in [0.4, 0.5) is 0 Å². The Balaban J connectivity index is 0.00000162. The topological polar surface area (TPSA) is 59.0 Å². The standard InChI is InChI=1S/C12H18N4O.2ClH/c17-12(3-7-16-8-6-14-10-16)15-9-11-1-4-13-5-2-11;;/h1,6,8,10,13H,2-5,7,9H2,(H,15,17);2*1H. The van der Waals surface area contributed by atoms with Gasteiger partial charge in [0.2, 0.25) is 5.91 Å². The summed E-state index contributed by atoms with van der Waals surface area (Å²) >= 11 is 0. The molecule has 1 aromatic heterocycles. The fraction of sp³-hybridized carbons (Fsp3) is 0.500. The van der Waals surface area contributed by atoms with Gasteiger partial charge in [0.1, 0.15) is 0 Å². The summed E-state index contributed by atoms with van der Waals surface area (Å²) in [7, 11) is 0. The highest BCUT2D eigenvalue weighted by molar-refractivity contribution is 5.85. The van der Waals surface area contributed by atoms with Gasteiger partial charge in [0, 0.05) is 38.4 Å². The Morgan fingerprint density at radius 3 is 2.95 bits per heavy atom. The Hall–Kier alpha value is -1.04. The fourth-order valence-electron chi connectivity index (χ4n) is 1.78. The molecule has 0 unspecified atom stereocenters. The minimum Gasteiger partial charge on any atom is -0.352 e. The molecule has 0 saturated carbocycles. The number of aryl methyl sites for hydroxylation is 1. The highest BCUT2D eigenvalue weighted by atomic mass is 35.5. The van der Waals surface area contributed by atoms with E-state index in [-0.39, 0.29) is 30.7 Å². The predicted octanol–water partition coefficient (Wildman–Crippen LogP) is 1.15. The van der Waals surface area contributed by atoms with Gasteiger partial charge in [0.25, 0.3) is 0 Å². The van der Waals surface area contributed by atoms with E-state index in [0.29, 0.717) is 19.5 Å². The number of halogens is 2. The van der Waals surface area contributed by atoms with Crippen LogP contribution >= 0.6 is 24.8 Å². The third-order valence-electron chi connectivity index (χ3n) is 2.83. The van der Waals surface area contributed by atoms with Crippen LogP contribution in [0.15, 0.2) is 30.4 Å². The summed E-state index contributed by atoms with van der Waals surface area (Å²) in [6, 6.07) is 0. The lowest BCUT2D eigenvalue weighted by Gasteiger charge is -2.14. The number of carbonyl (C=O) groups is 1. The van der Waals surface area contributed by atoms with Crippen molar-refractivity contribution in [2.45, 2.75) is 19.4 Å². The van der Waals surface area contributed by atoms with Gasteiger partial charge in [-0.1, -0.05) is 11.6 Å². The summed E-state index contributed by atoms with van der Waals surface area (Å²) in [5, 5.41) is 6.19. The Morgan fingerprint density at radius 1 is 1.47 bits per heavy atom. The van der Waals surface area contributed by atoms with Crippen molar-refractivity contribution in [2.75, 3.05) is 19.6 Å². The summed E-state index contributed by atoms with van der Waals surface area (Å²) in [5.74, 6) is 0.0955. The van der Waals surface area contributed by atoms with Crippen LogP contribution in [0.25, 0.3) is 0 Å². The second-order valence-electron chi connectivity index (χ2n) is 4.14. The van der Waals surface area contributed by atoms with Crippen LogP contribution < -0.4 is 10.6 Å². The SMILES string of the molecule is Cl.Cl.O=C(CCn1ccnc1)NCC1=CCNCC1. The average molecular weight is 307 g/mol. The first-order chi connectivity index (χ1) is 8.34. The molecule has 2 N–H and O–H groups in total. The van der Waals surface area contributed by atoms with Gasteiger partial charge >= 0.3 is 0 Å². The maximum Gasteiger partial charge on any atom is 0.222 e. The van der Waals surface area contributed by atoms with E-state index in [1.54, 1.807) is 12.5 Å².